The second-order valence-electron chi connectivity index (χ2n) is 10.4. The van der Waals surface area contributed by atoms with Crippen LogP contribution in [0.5, 0.6) is 5.75 Å². The van der Waals surface area contributed by atoms with Crippen LogP contribution in [0.25, 0.3) is 11.0 Å². The molecule has 210 valence electrons. The first-order chi connectivity index (χ1) is 18.6. The summed E-state index contributed by atoms with van der Waals surface area (Å²) in [5, 5.41) is 6.24. The minimum absolute atomic E-state index is 0.181. The van der Waals surface area contributed by atoms with E-state index in [1.807, 2.05) is 30.7 Å². The van der Waals surface area contributed by atoms with Crippen molar-refractivity contribution in [2.24, 2.45) is 11.8 Å². The molecule has 13 heteroatoms. The van der Waals surface area contributed by atoms with E-state index >= 15 is 0 Å². The molecule has 11 nitrogen and oxygen atoms in total. The molecule has 2 aliphatic rings. The lowest BCUT2D eigenvalue weighted by Gasteiger charge is -2.25. The third-order valence-electron chi connectivity index (χ3n) is 6.72. The minimum atomic E-state index is -1.68. The van der Waals surface area contributed by atoms with Crippen molar-refractivity contribution in [2.45, 2.75) is 64.0 Å². The smallest absolute Gasteiger partial charge is 0.327 e. The number of anilines is 1. The molecule has 39 heavy (non-hydrogen) atoms. The van der Waals surface area contributed by atoms with Crippen molar-refractivity contribution in [1.82, 2.24) is 19.6 Å². The molecule has 1 aromatic carbocycles. The lowest BCUT2D eigenvalue weighted by molar-refractivity contribution is -0.150. The van der Waals surface area contributed by atoms with Gasteiger partial charge in [0, 0.05) is 24.2 Å². The normalized spacial score (nSPS) is 22.7. The Bertz CT molecular complexity index is 1300. The first-order valence-electron chi connectivity index (χ1n) is 13.0. The highest BCUT2D eigenvalue weighted by atomic mass is 35.5. The third-order valence-corrected chi connectivity index (χ3v) is 8.34. The van der Waals surface area contributed by atoms with Gasteiger partial charge in [-0.05, 0) is 63.4 Å². The number of nitrogens with zero attached hydrogens (tertiary/aromatic N) is 4. The van der Waals surface area contributed by atoms with E-state index in [1.54, 1.807) is 31.3 Å². The van der Waals surface area contributed by atoms with Gasteiger partial charge in [0.15, 0.2) is 5.82 Å². The van der Waals surface area contributed by atoms with Gasteiger partial charge in [-0.15, -0.1) is 0 Å². The van der Waals surface area contributed by atoms with Gasteiger partial charge in [-0.25, -0.2) is 20.9 Å². The molecule has 1 saturated heterocycles. The topological polar surface area (TPSA) is 126 Å². The van der Waals surface area contributed by atoms with Crippen molar-refractivity contribution in [3.05, 3.63) is 47.9 Å². The van der Waals surface area contributed by atoms with Crippen molar-refractivity contribution in [3.63, 3.8) is 0 Å². The molecule has 1 aliphatic carbocycles. The van der Waals surface area contributed by atoms with Crippen LogP contribution in [0.1, 0.15) is 46.3 Å². The highest BCUT2D eigenvalue weighted by Gasteiger charge is 2.54. The molecule has 4 unspecified atom stereocenters. The molecule has 1 saturated carbocycles. The standard InChI is InChI=1S/C26H34ClN6O5P/c1-16(2)36-25(34)26(10-11-26)31-39(38-19-7-5-18(27)6-8-19)35-14-20-13-17(3)24(37-20)33-12-9-21-22(32(4)28)29-15-30-23(21)33/h5-9,12,15-17,20,24,31H,10-11,13-14,28H2,1-4H3. The molecule has 2 aromatic heterocycles. The number of fused-ring (bicyclic) bond motifs is 1. The van der Waals surface area contributed by atoms with Gasteiger partial charge in [0.25, 0.3) is 0 Å². The Labute approximate surface area is 233 Å². The Morgan fingerprint density at radius 3 is 2.72 bits per heavy atom. The van der Waals surface area contributed by atoms with Crippen LogP contribution in [-0.2, 0) is 18.8 Å². The minimum Gasteiger partial charge on any atom is -0.462 e. The highest BCUT2D eigenvalue weighted by molar-refractivity contribution is 7.45. The van der Waals surface area contributed by atoms with Gasteiger partial charge >= 0.3 is 14.5 Å². The summed E-state index contributed by atoms with van der Waals surface area (Å²) in [6, 6.07) is 8.98. The fourth-order valence-corrected chi connectivity index (χ4v) is 6.19. The highest BCUT2D eigenvalue weighted by Crippen LogP contribution is 2.48. The van der Waals surface area contributed by atoms with E-state index in [9.17, 15) is 4.79 Å². The number of esters is 1. The fourth-order valence-electron chi connectivity index (χ4n) is 4.62. The van der Waals surface area contributed by atoms with E-state index in [0.29, 0.717) is 29.4 Å². The summed E-state index contributed by atoms with van der Waals surface area (Å²) < 4.78 is 26.3. The zero-order chi connectivity index (χ0) is 27.7. The molecule has 0 radical (unpaired) electrons. The molecule has 4 atom stereocenters. The van der Waals surface area contributed by atoms with Crippen LogP contribution in [0.15, 0.2) is 42.9 Å². The van der Waals surface area contributed by atoms with E-state index in [0.717, 1.165) is 17.5 Å². The summed E-state index contributed by atoms with van der Waals surface area (Å²) >= 11 is 6.04. The largest absolute Gasteiger partial charge is 0.462 e. The number of aromatic nitrogens is 3. The van der Waals surface area contributed by atoms with Gasteiger partial charge in [0.2, 0.25) is 0 Å². The SMILES string of the molecule is CC(C)OC(=O)C1(NP(OCC2CC(C)C(n3ccc4c(N(C)N)ncnc43)O2)Oc2ccc(Cl)cc2)CC1. The first kappa shape index (κ1) is 28.0. The Kier molecular flexibility index (Phi) is 8.28. The monoisotopic (exact) mass is 576 g/mol. The Hall–Kier alpha value is -2.53. The molecular weight excluding hydrogens is 543 g/mol. The summed E-state index contributed by atoms with van der Waals surface area (Å²) in [6.45, 7) is 6.09. The van der Waals surface area contributed by atoms with Crippen molar-refractivity contribution in [1.29, 1.82) is 0 Å². The van der Waals surface area contributed by atoms with Crippen molar-refractivity contribution in [2.75, 3.05) is 18.7 Å². The van der Waals surface area contributed by atoms with Crippen LogP contribution in [0, 0.1) is 5.92 Å². The maximum absolute atomic E-state index is 12.8. The number of hydrogen-bond donors (Lipinski definition) is 2. The summed E-state index contributed by atoms with van der Waals surface area (Å²) in [5.41, 5.74) is -0.0446. The van der Waals surface area contributed by atoms with Gasteiger partial charge in [-0.3, -0.25) is 9.80 Å². The van der Waals surface area contributed by atoms with Crippen LogP contribution >= 0.6 is 20.1 Å². The number of rotatable bonds is 11. The molecule has 0 bridgehead atoms. The number of hydrogen-bond acceptors (Lipinski definition) is 10. The van der Waals surface area contributed by atoms with Gasteiger partial charge in [0.05, 0.1) is 24.2 Å². The fraction of sp³-hybridized carbons (Fsp3) is 0.500. The van der Waals surface area contributed by atoms with E-state index in [2.05, 4.69) is 22.0 Å². The zero-order valence-electron chi connectivity index (χ0n) is 22.4. The predicted molar refractivity (Wildman–Crippen MR) is 149 cm³/mol. The summed E-state index contributed by atoms with van der Waals surface area (Å²) in [5.74, 6) is 7.09. The molecule has 2 fully saturated rings. The van der Waals surface area contributed by atoms with Crippen LogP contribution in [0.3, 0.4) is 0 Å². The lowest BCUT2D eigenvalue weighted by atomic mass is 10.1. The van der Waals surface area contributed by atoms with Gasteiger partial charge in [-0.1, -0.05) is 18.5 Å². The first-order valence-corrected chi connectivity index (χ1v) is 14.5. The molecular formula is C26H34ClN6O5P. The Balaban J connectivity index is 1.27. The molecule has 3 heterocycles. The van der Waals surface area contributed by atoms with Gasteiger partial charge < -0.3 is 23.1 Å². The number of halogens is 1. The van der Waals surface area contributed by atoms with Crippen LogP contribution < -0.4 is 20.5 Å². The second-order valence-corrected chi connectivity index (χ2v) is 12.0. The molecule has 3 N–H and O–H groups in total. The average molecular weight is 577 g/mol. The second kappa shape index (κ2) is 11.5. The van der Waals surface area contributed by atoms with Crippen LogP contribution in [0.2, 0.25) is 5.02 Å². The number of nitrogens with two attached hydrogens (primary N) is 1. The maximum atomic E-state index is 12.8. The maximum Gasteiger partial charge on any atom is 0.327 e. The number of carbonyl (C=O) groups excluding carboxylic acids is 1. The van der Waals surface area contributed by atoms with E-state index < -0.39 is 14.1 Å². The molecule has 1 aliphatic heterocycles. The lowest BCUT2D eigenvalue weighted by Crippen LogP contribution is -2.40. The van der Waals surface area contributed by atoms with Crippen molar-refractivity contribution in [3.8, 4) is 5.75 Å². The van der Waals surface area contributed by atoms with E-state index in [-0.39, 0.29) is 36.9 Å². The zero-order valence-corrected chi connectivity index (χ0v) is 24.1. The number of ether oxygens (including phenoxy) is 2. The third kappa shape index (κ3) is 6.29. The number of hydrazine groups is 1. The summed E-state index contributed by atoms with van der Waals surface area (Å²) in [4.78, 5) is 21.5. The average Bonchev–Trinajstić information content (AvgIpc) is 3.40. The Morgan fingerprint density at radius 1 is 1.31 bits per heavy atom. The Morgan fingerprint density at radius 2 is 2.05 bits per heavy atom. The van der Waals surface area contributed by atoms with E-state index in [1.165, 1.54) is 11.3 Å². The van der Waals surface area contributed by atoms with Crippen LogP contribution in [0.4, 0.5) is 5.82 Å². The van der Waals surface area contributed by atoms with E-state index in [4.69, 9.17) is 36.0 Å². The predicted octanol–water partition coefficient (Wildman–Crippen LogP) is 4.71. The molecule has 5 rings (SSSR count). The molecule has 0 amide bonds. The van der Waals surface area contributed by atoms with Gasteiger partial charge in [0.1, 0.15) is 29.5 Å². The summed E-state index contributed by atoms with van der Waals surface area (Å²) in [6.07, 6.45) is 4.94. The molecule has 0 spiro atoms. The number of nitrogens with one attached hydrogen (secondary N) is 1. The number of carbonyl (C=O) groups is 1. The van der Waals surface area contributed by atoms with Crippen LogP contribution in [-0.4, -0.2) is 51.9 Å². The molecule has 3 aromatic rings. The van der Waals surface area contributed by atoms with Crippen molar-refractivity contribution >= 4 is 42.9 Å². The number of benzene rings is 1. The van der Waals surface area contributed by atoms with Gasteiger partial charge in [-0.2, -0.15) is 0 Å². The van der Waals surface area contributed by atoms with Crippen molar-refractivity contribution < 1.29 is 23.3 Å². The summed E-state index contributed by atoms with van der Waals surface area (Å²) in [7, 11) is 0.0640. The quantitative estimate of drug-likeness (QED) is 0.143.